The van der Waals surface area contributed by atoms with Crippen LogP contribution in [-0.2, 0) is 11.2 Å². The van der Waals surface area contributed by atoms with Gasteiger partial charge in [-0.1, -0.05) is 31.2 Å². The Morgan fingerprint density at radius 3 is 2.02 bits per heavy atom. The smallest absolute Gasteiger partial charge is 0.399 e. The van der Waals surface area contributed by atoms with E-state index in [-0.39, 0.29) is 36.0 Å². The van der Waals surface area contributed by atoms with Crippen LogP contribution < -0.4 is 4.74 Å². The van der Waals surface area contributed by atoms with Gasteiger partial charge in [0.25, 0.3) is 0 Å². The molecule has 42 heavy (non-hydrogen) atoms. The molecule has 1 heterocycles. The van der Waals surface area contributed by atoms with Gasteiger partial charge in [-0.3, -0.25) is 0 Å². The van der Waals surface area contributed by atoms with Crippen molar-refractivity contribution in [3.05, 3.63) is 94.3 Å². The van der Waals surface area contributed by atoms with Crippen molar-refractivity contribution in [3.63, 3.8) is 0 Å². The average molecular weight is 603 g/mol. The molecule has 0 aromatic heterocycles. The molecular formula is C31H27F9O2. The Kier molecular flexibility index (Phi) is 9.91. The second-order valence-electron chi connectivity index (χ2n) is 10.1. The lowest BCUT2D eigenvalue weighted by Crippen LogP contribution is -2.25. The molecule has 1 aliphatic heterocycles. The van der Waals surface area contributed by atoms with E-state index in [9.17, 15) is 39.5 Å². The van der Waals surface area contributed by atoms with Crippen molar-refractivity contribution in [1.29, 1.82) is 0 Å². The second-order valence-corrected chi connectivity index (χ2v) is 10.1. The molecule has 4 rings (SSSR count). The molecule has 0 radical (unpaired) electrons. The van der Waals surface area contributed by atoms with Gasteiger partial charge < -0.3 is 9.47 Å². The standard InChI is InChI=1S/C31H27F9O2/c1-2-3-23(32)29(37)19-7-5-18(6-8-19)20-9-11-22(41-16-20)10-4-17-12-24(33)28(25(34)13-17)21-14-26(35)30(27(36)15-21)42-31(38,39)40/h5-8,12-15,20,22H,2-4,9-11,16H2,1H3. The molecule has 0 saturated carbocycles. The Labute approximate surface area is 236 Å². The van der Waals surface area contributed by atoms with Crippen LogP contribution in [0.5, 0.6) is 5.75 Å². The lowest BCUT2D eigenvalue weighted by Gasteiger charge is -2.29. The SMILES string of the molecule is CCCC(F)=C(F)c1ccc(C2CCC(CCc3cc(F)c(-c4cc(F)c(OC(F)(F)F)c(F)c4)c(F)c3)OC2)cc1. The predicted octanol–water partition coefficient (Wildman–Crippen LogP) is 10.1. The van der Waals surface area contributed by atoms with Crippen molar-refractivity contribution in [3.8, 4) is 16.9 Å². The van der Waals surface area contributed by atoms with E-state index in [4.69, 9.17) is 4.74 Å². The number of allylic oxidation sites excluding steroid dienone is 1. The highest BCUT2D eigenvalue weighted by atomic mass is 19.4. The zero-order valence-electron chi connectivity index (χ0n) is 22.4. The van der Waals surface area contributed by atoms with E-state index in [1.54, 1.807) is 19.1 Å². The fourth-order valence-electron chi connectivity index (χ4n) is 4.97. The summed E-state index contributed by atoms with van der Waals surface area (Å²) in [6, 6.07) is 9.27. The first kappa shape index (κ1) is 31.5. The third-order valence-electron chi connectivity index (χ3n) is 7.08. The van der Waals surface area contributed by atoms with Gasteiger partial charge in [0.05, 0.1) is 18.3 Å². The molecule has 11 heteroatoms. The molecule has 226 valence electrons. The number of hydrogen-bond acceptors (Lipinski definition) is 2. The molecule has 2 nitrogen and oxygen atoms in total. The molecule has 3 aromatic rings. The molecule has 2 atom stereocenters. The van der Waals surface area contributed by atoms with Gasteiger partial charge in [-0.15, -0.1) is 13.2 Å². The Hall–Kier alpha value is -3.47. The molecule has 1 fully saturated rings. The summed E-state index contributed by atoms with van der Waals surface area (Å²) < 4.78 is 132. The second kappa shape index (κ2) is 13.2. The fourth-order valence-corrected chi connectivity index (χ4v) is 4.97. The Morgan fingerprint density at radius 1 is 0.881 bits per heavy atom. The van der Waals surface area contributed by atoms with Gasteiger partial charge in [-0.25, -0.2) is 26.3 Å². The number of rotatable bonds is 9. The number of ether oxygens (including phenoxy) is 2. The van der Waals surface area contributed by atoms with E-state index in [1.807, 2.05) is 0 Å². The quantitative estimate of drug-likeness (QED) is 0.227. The van der Waals surface area contributed by atoms with Gasteiger partial charge in [0.2, 0.25) is 5.75 Å². The van der Waals surface area contributed by atoms with Gasteiger partial charge in [-0.05, 0) is 73.1 Å². The molecule has 3 aromatic carbocycles. The van der Waals surface area contributed by atoms with Gasteiger partial charge in [-0.2, -0.15) is 0 Å². The molecule has 0 N–H and O–H groups in total. The Bertz CT molecular complexity index is 1380. The number of halogens is 9. The largest absolute Gasteiger partial charge is 0.573 e. The summed E-state index contributed by atoms with van der Waals surface area (Å²) in [6.45, 7) is 2.14. The van der Waals surface area contributed by atoms with Gasteiger partial charge in [0, 0.05) is 17.9 Å². The fraction of sp³-hybridized carbons (Fsp3) is 0.355. The van der Waals surface area contributed by atoms with Crippen LogP contribution in [0.15, 0.2) is 54.4 Å². The van der Waals surface area contributed by atoms with Crippen molar-refractivity contribution in [2.24, 2.45) is 0 Å². The molecule has 2 unspecified atom stereocenters. The highest BCUT2D eigenvalue weighted by molar-refractivity contribution is 5.66. The van der Waals surface area contributed by atoms with Crippen molar-refractivity contribution in [2.75, 3.05) is 6.61 Å². The van der Waals surface area contributed by atoms with Crippen LogP contribution in [0, 0.1) is 23.3 Å². The molecule has 0 spiro atoms. The van der Waals surface area contributed by atoms with Crippen LogP contribution in [0.1, 0.15) is 61.6 Å². The molecule has 0 bridgehead atoms. The summed E-state index contributed by atoms with van der Waals surface area (Å²) >= 11 is 0. The zero-order chi connectivity index (χ0) is 30.6. The van der Waals surface area contributed by atoms with Crippen LogP contribution >= 0.6 is 0 Å². The molecule has 0 amide bonds. The van der Waals surface area contributed by atoms with Crippen LogP contribution in [0.2, 0.25) is 0 Å². The summed E-state index contributed by atoms with van der Waals surface area (Å²) in [5.74, 6) is -9.12. The summed E-state index contributed by atoms with van der Waals surface area (Å²) in [5.41, 5.74) is -0.0561. The highest BCUT2D eigenvalue weighted by Gasteiger charge is 2.34. The van der Waals surface area contributed by atoms with Crippen LogP contribution in [0.4, 0.5) is 39.5 Å². The van der Waals surface area contributed by atoms with E-state index in [1.165, 1.54) is 12.1 Å². The minimum absolute atomic E-state index is 0.0345. The van der Waals surface area contributed by atoms with Crippen LogP contribution in [0.25, 0.3) is 17.0 Å². The maximum absolute atomic E-state index is 14.8. The topological polar surface area (TPSA) is 18.5 Å². The van der Waals surface area contributed by atoms with E-state index >= 15 is 0 Å². The molecule has 0 aliphatic carbocycles. The van der Waals surface area contributed by atoms with Gasteiger partial charge in [0.15, 0.2) is 17.5 Å². The minimum atomic E-state index is -5.36. The number of aryl methyl sites for hydroxylation is 1. The molecular weight excluding hydrogens is 575 g/mol. The molecule has 1 saturated heterocycles. The van der Waals surface area contributed by atoms with Crippen molar-refractivity contribution >= 4 is 5.83 Å². The van der Waals surface area contributed by atoms with E-state index in [0.29, 0.717) is 38.0 Å². The first-order chi connectivity index (χ1) is 19.9. The molecule has 1 aliphatic rings. The zero-order valence-corrected chi connectivity index (χ0v) is 22.4. The number of hydrogen-bond donors (Lipinski definition) is 0. The van der Waals surface area contributed by atoms with E-state index < -0.39 is 58.2 Å². The third kappa shape index (κ3) is 7.67. The lowest BCUT2D eigenvalue weighted by atomic mass is 9.89. The van der Waals surface area contributed by atoms with Crippen molar-refractivity contribution in [2.45, 2.75) is 63.8 Å². The monoisotopic (exact) mass is 602 g/mol. The first-order valence-corrected chi connectivity index (χ1v) is 13.4. The summed E-state index contributed by atoms with van der Waals surface area (Å²) in [7, 11) is 0. The Balaban J connectivity index is 1.36. The third-order valence-corrected chi connectivity index (χ3v) is 7.08. The van der Waals surface area contributed by atoms with Crippen molar-refractivity contribution < 1.29 is 49.0 Å². The highest BCUT2D eigenvalue weighted by Crippen LogP contribution is 2.36. The van der Waals surface area contributed by atoms with E-state index in [2.05, 4.69) is 4.74 Å². The average Bonchev–Trinajstić information content (AvgIpc) is 2.93. The normalized spacial score (nSPS) is 18.1. The summed E-state index contributed by atoms with van der Waals surface area (Å²) in [6.07, 6.45) is -2.95. The number of benzene rings is 3. The maximum Gasteiger partial charge on any atom is 0.573 e. The summed E-state index contributed by atoms with van der Waals surface area (Å²) in [4.78, 5) is 0. The summed E-state index contributed by atoms with van der Waals surface area (Å²) in [5, 5.41) is 0. The van der Waals surface area contributed by atoms with E-state index in [0.717, 1.165) is 24.1 Å². The first-order valence-electron chi connectivity index (χ1n) is 13.4. The number of alkyl halides is 3. The van der Waals surface area contributed by atoms with Crippen molar-refractivity contribution in [1.82, 2.24) is 0 Å². The van der Waals surface area contributed by atoms with Crippen LogP contribution in [-0.4, -0.2) is 19.1 Å². The van der Waals surface area contributed by atoms with Crippen LogP contribution in [0.3, 0.4) is 0 Å². The lowest BCUT2D eigenvalue weighted by molar-refractivity contribution is -0.276. The van der Waals surface area contributed by atoms with Gasteiger partial charge in [0.1, 0.15) is 17.5 Å². The minimum Gasteiger partial charge on any atom is -0.399 e. The Morgan fingerprint density at radius 2 is 1.50 bits per heavy atom. The maximum atomic E-state index is 14.8. The predicted molar refractivity (Wildman–Crippen MR) is 139 cm³/mol. The van der Waals surface area contributed by atoms with Gasteiger partial charge >= 0.3 is 6.36 Å².